The van der Waals surface area contributed by atoms with E-state index in [0.717, 1.165) is 24.2 Å². The Morgan fingerprint density at radius 1 is 1.08 bits per heavy atom. The molecule has 2 aliphatic rings. The van der Waals surface area contributed by atoms with Gasteiger partial charge in [0.05, 0.1) is 0 Å². The van der Waals surface area contributed by atoms with Crippen LogP contribution in [0.3, 0.4) is 0 Å². The summed E-state index contributed by atoms with van der Waals surface area (Å²) in [5, 5.41) is 11.9. The normalized spacial score (nSPS) is 16.6. The molecular formula is C20H21NO4. The average Bonchev–Trinajstić information content (AvgIpc) is 3.12. The smallest absolute Gasteiger partial charge is 0.332 e. The first-order valence-corrected chi connectivity index (χ1v) is 8.48. The summed E-state index contributed by atoms with van der Waals surface area (Å²) in [6.07, 6.45) is 10.2. The van der Waals surface area contributed by atoms with E-state index in [1.54, 1.807) is 24.3 Å². The van der Waals surface area contributed by atoms with Crippen LogP contribution in [-0.2, 0) is 9.59 Å². The fraction of sp³-hybridized carbons (Fsp3) is 0.300. The van der Waals surface area contributed by atoms with Crippen molar-refractivity contribution in [2.24, 2.45) is 0 Å². The van der Waals surface area contributed by atoms with E-state index in [1.807, 2.05) is 0 Å². The van der Waals surface area contributed by atoms with Crippen molar-refractivity contribution in [2.75, 3.05) is 11.9 Å². The molecule has 0 saturated heterocycles. The Morgan fingerprint density at radius 2 is 1.84 bits per heavy atom. The molecule has 0 atom stereocenters. The molecule has 1 aromatic rings. The minimum Gasteiger partial charge on any atom is -0.489 e. The molecule has 1 amide bonds. The highest BCUT2D eigenvalue weighted by Gasteiger charge is 2.25. The summed E-state index contributed by atoms with van der Waals surface area (Å²) in [6, 6.07) is 7.11. The van der Waals surface area contributed by atoms with Crippen LogP contribution in [0.5, 0.6) is 5.75 Å². The Bertz CT molecular complexity index is 756. The molecule has 0 radical (unpaired) electrons. The summed E-state index contributed by atoms with van der Waals surface area (Å²) in [6.45, 7) is 0.525. The number of ether oxygens (including phenoxy) is 1. The number of rotatable bonds is 6. The molecule has 0 aromatic heterocycles. The predicted molar refractivity (Wildman–Crippen MR) is 95.5 cm³/mol. The van der Waals surface area contributed by atoms with Gasteiger partial charge in [-0.1, -0.05) is 18.2 Å². The van der Waals surface area contributed by atoms with Crippen molar-refractivity contribution in [2.45, 2.75) is 32.1 Å². The first kappa shape index (κ1) is 17.0. The highest BCUT2D eigenvalue weighted by atomic mass is 16.5. The van der Waals surface area contributed by atoms with Gasteiger partial charge in [0, 0.05) is 16.8 Å². The third-order valence-corrected chi connectivity index (χ3v) is 4.34. The molecule has 0 spiro atoms. The number of aliphatic carboxylic acids is 1. The van der Waals surface area contributed by atoms with Gasteiger partial charge >= 0.3 is 5.97 Å². The summed E-state index contributed by atoms with van der Waals surface area (Å²) < 4.78 is 5.73. The fourth-order valence-electron chi connectivity index (χ4n) is 3.01. The maximum Gasteiger partial charge on any atom is 0.332 e. The van der Waals surface area contributed by atoms with Gasteiger partial charge in [-0.3, -0.25) is 4.79 Å². The van der Waals surface area contributed by atoms with Crippen LogP contribution in [0.1, 0.15) is 32.1 Å². The largest absolute Gasteiger partial charge is 0.489 e. The number of amides is 1. The molecule has 0 heterocycles. The van der Waals surface area contributed by atoms with Crippen LogP contribution in [-0.4, -0.2) is 23.6 Å². The van der Waals surface area contributed by atoms with Crippen LogP contribution in [0.25, 0.3) is 0 Å². The summed E-state index contributed by atoms with van der Waals surface area (Å²) >= 11 is 0. The van der Waals surface area contributed by atoms with Crippen molar-refractivity contribution in [1.29, 1.82) is 0 Å². The van der Waals surface area contributed by atoms with E-state index in [9.17, 15) is 9.59 Å². The zero-order valence-electron chi connectivity index (χ0n) is 14.0. The summed E-state index contributed by atoms with van der Waals surface area (Å²) in [4.78, 5) is 23.4. The Labute approximate surface area is 146 Å². The average molecular weight is 339 g/mol. The second kappa shape index (κ2) is 7.83. The van der Waals surface area contributed by atoms with Crippen LogP contribution in [0.2, 0.25) is 0 Å². The van der Waals surface area contributed by atoms with Crippen molar-refractivity contribution in [3.05, 3.63) is 59.2 Å². The zero-order chi connectivity index (χ0) is 17.6. The predicted octanol–water partition coefficient (Wildman–Crippen LogP) is 3.85. The Morgan fingerprint density at radius 3 is 2.52 bits per heavy atom. The lowest BCUT2D eigenvalue weighted by Gasteiger charge is -2.11. The molecule has 1 aromatic carbocycles. The van der Waals surface area contributed by atoms with E-state index >= 15 is 0 Å². The highest BCUT2D eigenvalue weighted by molar-refractivity contribution is 6.09. The molecule has 0 saturated carbocycles. The molecule has 2 N–H and O–H groups in total. The Kier molecular flexibility index (Phi) is 5.33. The summed E-state index contributed by atoms with van der Waals surface area (Å²) in [5.74, 6) is -0.609. The first-order valence-electron chi connectivity index (χ1n) is 8.48. The standard InChI is InChI=1S/C20H21NO4/c22-19(17-7-4-8-18(17)20(23)24)21-15-9-11-16(12-10-15)25-13-14-5-2-1-3-6-14/h2,5-6,9-12H,1,3-4,7-8,13H2,(H,21,22)(H,23,24). The topological polar surface area (TPSA) is 75.6 Å². The van der Waals surface area contributed by atoms with Gasteiger partial charge in [-0.15, -0.1) is 0 Å². The number of carbonyl (C=O) groups is 2. The van der Waals surface area contributed by atoms with Gasteiger partial charge < -0.3 is 15.2 Å². The van der Waals surface area contributed by atoms with E-state index in [0.29, 0.717) is 37.1 Å². The lowest BCUT2D eigenvalue weighted by Crippen LogP contribution is -2.16. The summed E-state index contributed by atoms with van der Waals surface area (Å²) in [5.41, 5.74) is 2.39. The van der Waals surface area contributed by atoms with Crippen molar-refractivity contribution in [3.8, 4) is 5.75 Å². The molecule has 2 aliphatic carbocycles. The van der Waals surface area contributed by atoms with Crippen molar-refractivity contribution < 1.29 is 19.4 Å². The molecule has 3 rings (SSSR count). The van der Waals surface area contributed by atoms with Gasteiger partial charge in [-0.05, 0) is 61.9 Å². The molecular weight excluding hydrogens is 318 g/mol. The van der Waals surface area contributed by atoms with Gasteiger partial charge in [-0.2, -0.15) is 0 Å². The number of allylic oxidation sites excluding steroid dienone is 2. The monoisotopic (exact) mass is 339 g/mol. The number of nitrogens with one attached hydrogen (secondary N) is 1. The third-order valence-electron chi connectivity index (χ3n) is 4.34. The molecule has 25 heavy (non-hydrogen) atoms. The molecule has 5 nitrogen and oxygen atoms in total. The van der Waals surface area contributed by atoms with Gasteiger partial charge in [-0.25, -0.2) is 4.79 Å². The van der Waals surface area contributed by atoms with Crippen LogP contribution in [0.4, 0.5) is 5.69 Å². The number of carboxylic acid groups (broad SMARTS) is 1. The SMILES string of the molecule is O=C(O)C1=C(C(=O)Nc2ccc(OCC3=CCCC=C3)cc2)CCC1. The van der Waals surface area contributed by atoms with Crippen LogP contribution < -0.4 is 10.1 Å². The molecule has 5 heteroatoms. The molecule has 0 aliphatic heterocycles. The molecule has 0 fully saturated rings. The minimum absolute atomic E-state index is 0.228. The number of benzene rings is 1. The van der Waals surface area contributed by atoms with Crippen LogP contribution in [0.15, 0.2) is 59.2 Å². The van der Waals surface area contributed by atoms with Gasteiger partial charge in [0.15, 0.2) is 0 Å². The maximum absolute atomic E-state index is 12.3. The Balaban J connectivity index is 1.58. The summed E-state index contributed by atoms with van der Waals surface area (Å²) in [7, 11) is 0. The van der Waals surface area contributed by atoms with Crippen molar-refractivity contribution in [1.82, 2.24) is 0 Å². The number of hydrogen-bond acceptors (Lipinski definition) is 3. The second-order valence-corrected chi connectivity index (χ2v) is 6.14. The van der Waals surface area contributed by atoms with Gasteiger partial charge in [0.2, 0.25) is 0 Å². The minimum atomic E-state index is -1.00. The quantitative estimate of drug-likeness (QED) is 0.825. The molecule has 0 bridgehead atoms. The second-order valence-electron chi connectivity index (χ2n) is 6.14. The van der Waals surface area contributed by atoms with Gasteiger partial charge in [0.25, 0.3) is 5.91 Å². The third kappa shape index (κ3) is 4.38. The van der Waals surface area contributed by atoms with Crippen molar-refractivity contribution in [3.63, 3.8) is 0 Å². The van der Waals surface area contributed by atoms with Crippen LogP contribution in [0, 0.1) is 0 Å². The van der Waals surface area contributed by atoms with E-state index in [-0.39, 0.29) is 11.5 Å². The molecule has 0 unspecified atom stereocenters. The molecule has 130 valence electrons. The van der Waals surface area contributed by atoms with Crippen LogP contribution >= 0.6 is 0 Å². The first-order chi connectivity index (χ1) is 12.1. The highest BCUT2D eigenvalue weighted by Crippen LogP contribution is 2.27. The van der Waals surface area contributed by atoms with E-state index in [1.165, 1.54) is 0 Å². The Hall–Kier alpha value is -2.82. The number of anilines is 1. The zero-order valence-corrected chi connectivity index (χ0v) is 14.0. The lowest BCUT2D eigenvalue weighted by atomic mass is 10.1. The maximum atomic E-state index is 12.3. The van der Waals surface area contributed by atoms with E-state index < -0.39 is 5.97 Å². The number of carboxylic acids is 1. The fourth-order valence-corrected chi connectivity index (χ4v) is 3.01. The van der Waals surface area contributed by atoms with Gasteiger partial charge in [0.1, 0.15) is 12.4 Å². The van der Waals surface area contributed by atoms with Crippen molar-refractivity contribution >= 4 is 17.6 Å². The lowest BCUT2D eigenvalue weighted by molar-refractivity contribution is -0.133. The number of hydrogen-bond donors (Lipinski definition) is 2. The van der Waals surface area contributed by atoms with E-state index in [4.69, 9.17) is 9.84 Å². The number of carbonyl (C=O) groups excluding carboxylic acids is 1. The van der Waals surface area contributed by atoms with E-state index in [2.05, 4.69) is 23.5 Å².